The van der Waals surface area contributed by atoms with Gasteiger partial charge in [-0.1, -0.05) is 0 Å². The second-order valence-corrected chi connectivity index (χ2v) is 3.41. The van der Waals surface area contributed by atoms with Crippen LogP contribution in [0.3, 0.4) is 0 Å². The Hall–Kier alpha value is -0.870. The monoisotopic (exact) mass is 183 g/mol. The number of rotatable bonds is 4. The van der Waals surface area contributed by atoms with Crippen LogP contribution in [-0.2, 0) is 0 Å². The molecule has 0 fully saturated rings. The number of aromatic nitrogens is 2. The first kappa shape index (κ1) is 10.2. The minimum atomic E-state index is -0.116. The topological polar surface area (TPSA) is 64.1 Å². The lowest BCUT2D eigenvalue weighted by Gasteiger charge is -2.15. The lowest BCUT2D eigenvalue weighted by molar-refractivity contribution is 0.273. The van der Waals surface area contributed by atoms with Crippen LogP contribution in [-0.4, -0.2) is 21.5 Å². The van der Waals surface area contributed by atoms with Crippen molar-refractivity contribution in [2.24, 2.45) is 5.73 Å². The smallest absolute Gasteiger partial charge is 0.0555 e. The third kappa shape index (κ3) is 2.29. The average Bonchev–Trinajstić information content (AvgIpc) is 2.52. The van der Waals surface area contributed by atoms with Crippen molar-refractivity contribution in [3.05, 3.63) is 18.0 Å². The maximum atomic E-state index is 8.76. The van der Waals surface area contributed by atoms with Gasteiger partial charge in [0.05, 0.1) is 5.69 Å². The number of nitrogens with zero attached hydrogens (tertiary/aromatic N) is 2. The van der Waals surface area contributed by atoms with Crippen molar-refractivity contribution in [2.75, 3.05) is 6.61 Å². The molecule has 0 aromatic carbocycles. The van der Waals surface area contributed by atoms with Gasteiger partial charge in [-0.3, -0.25) is 4.68 Å². The van der Waals surface area contributed by atoms with E-state index in [1.54, 1.807) is 6.20 Å². The second kappa shape index (κ2) is 4.39. The molecule has 0 bridgehead atoms. The van der Waals surface area contributed by atoms with Crippen molar-refractivity contribution >= 4 is 0 Å². The van der Waals surface area contributed by atoms with E-state index in [1.807, 2.05) is 10.7 Å². The minimum Gasteiger partial charge on any atom is -0.396 e. The van der Waals surface area contributed by atoms with E-state index in [-0.39, 0.29) is 12.6 Å². The van der Waals surface area contributed by atoms with Gasteiger partial charge in [0, 0.05) is 24.9 Å². The number of hydrogen-bond donors (Lipinski definition) is 2. The fourth-order valence-electron chi connectivity index (χ4n) is 1.34. The van der Waals surface area contributed by atoms with Gasteiger partial charge in [-0.2, -0.15) is 5.10 Å². The van der Waals surface area contributed by atoms with Crippen molar-refractivity contribution in [3.8, 4) is 0 Å². The standard InChI is InChI=1S/C9H17N3O/c1-7(2)12-9(3-5-11-12)8(10)4-6-13/h3,5,7-8,13H,4,6,10H2,1-2H3. The molecule has 0 saturated carbocycles. The summed E-state index contributed by atoms with van der Waals surface area (Å²) in [5.74, 6) is 0. The fourth-order valence-corrected chi connectivity index (χ4v) is 1.34. The zero-order chi connectivity index (χ0) is 9.84. The highest BCUT2D eigenvalue weighted by Crippen LogP contribution is 2.16. The fraction of sp³-hybridized carbons (Fsp3) is 0.667. The summed E-state index contributed by atoms with van der Waals surface area (Å²) >= 11 is 0. The first-order chi connectivity index (χ1) is 6.16. The van der Waals surface area contributed by atoms with Crippen molar-refractivity contribution in [2.45, 2.75) is 32.4 Å². The van der Waals surface area contributed by atoms with E-state index in [0.717, 1.165) is 5.69 Å². The Morgan fingerprint density at radius 2 is 2.31 bits per heavy atom. The summed E-state index contributed by atoms with van der Waals surface area (Å²) in [6.07, 6.45) is 2.32. The van der Waals surface area contributed by atoms with Gasteiger partial charge < -0.3 is 10.8 Å². The first-order valence-electron chi connectivity index (χ1n) is 4.56. The molecule has 1 aromatic rings. The summed E-state index contributed by atoms with van der Waals surface area (Å²) in [6, 6.07) is 2.10. The van der Waals surface area contributed by atoms with Crippen molar-refractivity contribution in [1.82, 2.24) is 9.78 Å². The molecule has 0 amide bonds. The largest absolute Gasteiger partial charge is 0.396 e. The highest BCUT2D eigenvalue weighted by Gasteiger charge is 2.12. The van der Waals surface area contributed by atoms with Crippen LogP contribution in [0.1, 0.15) is 38.0 Å². The average molecular weight is 183 g/mol. The lowest BCUT2D eigenvalue weighted by Crippen LogP contribution is -2.18. The highest BCUT2D eigenvalue weighted by atomic mass is 16.3. The van der Waals surface area contributed by atoms with E-state index >= 15 is 0 Å². The Bertz CT molecular complexity index is 257. The molecule has 3 N–H and O–H groups in total. The van der Waals surface area contributed by atoms with Crippen LogP contribution in [0.2, 0.25) is 0 Å². The number of aliphatic hydroxyl groups excluding tert-OH is 1. The van der Waals surface area contributed by atoms with Gasteiger partial charge in [0.1, 0.15) is 0 Å². The van der Waals surface area contributed by atoms with Gasteiger partial charge in [0.2, 0.25) is 0 Å². The molecular weight excluding hydrogens is 166 g/mol. The Morgan fingerprint density at radius 1 is 1.62 bits per heavy atom. The van der Waals surface area contributed by atoms with Crippen LogP contribution in [0.15, 0.2) is 12.3 Å². The van der Waals surface area contributed by atoms with Crippen molar-refractivity contribution in [3.63, 3.8) is 0 Å². The first-order valence-corrected chi connectivity index (χ1v) is 4.56. The summed E-state index contributed by atoms with van der Waals surface area (Å²) in [6.45, 7) is 4.23. The van der Waals surface area contributed by atoms with E-state index in [9.17, 15) is 0 Å². The zero-order valence-electron chi connectivity index (χ0n) is 8.14. The van der Waals surface area contributed by atoms with Crippen molar-refractivity contribution < 1.29 is 5.11 Å². The maximum Gasteiger partial charge on any atom is 0.0555 e. The van der Waals surface area contributed by atoms with E-state index in [1.165, 1.54) is 0 Å². The summed E-state index contributed by atoms with van der Waals surface area (Å²) < 4.78 is 1.89. The molecule has 0 radical (unpaired) electrons. The molecule has 0 aliphatic heterocycles. The SMILES string of the molecule is CC(C)n1nccc1C(N)CCO. The number of nitrogens with two attached hydrogens (primary N) is 1. The molecule has 1 atom stereocenters. The summed E-state index contributed by atoms with van der Waals surface area (Å²) in [7, 11) is 0. The van der Waals surface area contributed by atoms with Crippen LogP contribution in [0, 0.1) is 0 Å². The third-order valence-electron chi connectivity index (χ3n) is 2.01. The van der Waals surface area contributed by atoms with Crippen molar-refractivity contribution in [1.29, 1.82) is 0 Å². The van der Waals surface area contributed by atoms with Crippen LogP contribution >= 0.6 is 0 Å². The quantitative estimate of drug-likeness (QED) is 0.727. The molecule has 74 valence electrons. The molecule has 0 spiro atoms. The Kier molecular flexibility index (Phi) is 3.45. The number of aliphatic hydroxyl groups is 1. The normalized spacial score (nSPS) is 13.6. The maximum absolute atomic E-state index is 8.76. The predicted octanol–water partition coefficient (Wildman–Crippen LogP) is 0.846. The van der Waals surface area contributed by atoms with Gasteiger partial charge in [-0.05, 0) is 26.3 Å². The number of hydrogen-bond acceptors (Lipinski definition) is 3. The molecule has 0 aliphatic carbocycles. The molecule has 1 aromatic heterocycles. The minimum absolute atomic E-state index is 0.116. The zero-order valence-corrected chi connectivity index (χ0v) is 8.14. The van der Waals surface area contributed by atoms with E-state index in [2.05, 4.69) is 18.9 Å². The molecular formula is C9H17N3O. The van der Waals surface area contributed by atoms with E-state index in [0.29, 0.717) is 12.5 Å². The second-order valence-electron chi connectivity index (χ2n) is 3.41. The lowest BCUT2D eigenvalue weighted by atomic mass is 10.1. The Labute approximate surface area is 78.4 Å². The molecule has 1 rings (SSSR count). The predicted molar refractivity (Wildman–Crippen MR) is 51.2 cm³/mol. The highest BCUT2D eigenvalue weighted by molar-refractivity contribution is 5.06. The molecule has 4 heteroatoms. The van der Waals surface area contributed by atoms with Gasteiger partial charge in [0.25, 0.3) is 0 Å². The van der Waals surface area contributed by atoms with Gasteiger partial charge in [-0.25, -0.2) is 0 Å². The van der Waals surface area contributed by atoms with Gasteiger partial charge in [0.15, 0.2) is 0 Å². The molecule has 0 aliphatic rings. The van der Waals surface area contributed by atoms with Gasteiger partial charge >= 0.3 is 0 Å². The van der Waals surface area contributed by atoms with E-state index < -0.39 is 0 Å². The van der Waals surface area contributed by atoms with Gasteiger partial charge in [-0.15, -0.1) is 0 Å². The van der Waals surface area contributed by atoms with Crippen LogP contribution in [0.4, 0.5) is 0 Å². The molecule has 4 nitrogen and oxygen atoms in total. The Morgan fingerprint density at radius 3 is 2.85 bits per heavy atom. The summed E-state index contributed by atoms with van der Waals surface area (Å²) in [5.41, 5.74) is 6.86. The summed E-state index contributed by atoms with van der Waals surface area (Å²) in [4.78, 5) is 0. The van der Waals surface area contributed by atoms with Crippen LogP contribution in [0.5, 0.6) is 0 Å². The Balaban J connectivity index is 2.80. The molecule has 1 heterocycles. The molecule has 13 heavy (non-hydrogen) atoms. The molecule has 0 saturated heterocycles. The third-order valence-corrected chi connectivity index (χ3v) is 2.01. The van der Waals surface area contributed by atoms with Crippen LogP contribution in [0.25, 0.3) is 0 Å². The van der Waals surface area contributed by atoms with E-state index in [4.69, 9.17) is 10.8 Å². The summed E-state index contributed by atoms with van der Waals surface area (Å²) in [5, 5.41) is 12.9. The van der Waals surface area contributed by atoms with Crippen LogP contribution < -0.4 is 5.73 Å². The molecule has 1 unspecified atom stereocenters.